The Balaban J connectivity index is 2.33. The number of nitrogens with two attached hydrogens (primary N) is 1. The third-order valence-corrected chi connectivity index (χ3v) is 3.29. The van der Waals surface area contributed by atoms with E-state index in [0.717, 1.165) is 11.3 Å². The Labute approximate surface area is 116 Å². The Bertz CT molecular complexity index is 647. The molecule has 0 radical (unpaired) electrons. The van der Waals surface area contributed by atoms with E-state index in [0.29, 0.717) is 27.7 Å². The molecule has 0 fully saturated rings. The molecule has 1 aromatic carbocycles. The maximum absolute atomic E-state index is 12.3. The zero-order valence-corrected chi connectivity index (χ0v) is 11.8. The standard InChI is InChI=1S/C14H15ClN2O2/c1-7-8(2)19-9(3)13(7)14(18)17-12-6-10(15)4-5-11(12)16/h4-6H,16H2,1-3H3,(H,17,18). The van der Waals surface area contributed by atoms with Crippen molar-refractivity contribution in [3.63, 3.8) is 0 Å². The van der Waals surface area contributed by atoms with Crippen molar-refractivity contribution < 1.29 is 9.21 Å². The number of carbonyl (C=O) groups is 1. The van der Waals surface area contributed by atoms with Crippen LogP contribution in [0.3, 0.4) is 0 Å². The van der Waals surface area contributed by atoms with Crippen LogP contribution in [-0.4, -0.2) is 5.91 Å². The van der Waals surface area contributed by atoms with Crippen molar-refractivity contribution in [1.82, 2.24) is 0 Å². The molecule has 0 bridgehead atoms. The predicted molar refractivity (Wildman–Crippen MR) is 76.7 cm³/mol. The lowest BCUT2D eigenvalue weighted by atomic mass is 10.1. The Morgan fingerprint density at radius 2 is 1.95 bits per heavy atom. The van der Waals surface area contributed by atoms with Crippen molar-refractivity contribution >= 4 is 28.9 Å². The van der Waals surface area contributed by atoms with Crippen molar-refractivity contribution in [1.29, 1.82) is 0 Å². The molecule has 1 aromatic heterocycles. The van der Waals surface area contributed by atoms with Gasteiger partial charge in [-0.2, -0.15) is 0 Å². The number of aryl methyl sites for hydroxylation is 2. The van der Waals surface area contributed by atoms with E-state index < -0.39 is 0 Å². The normalized spacial score (nSPS) is 10.5. The molecule has 100 valence electrons. The Kier molecular flexibility index (Phi) is 3.53. The number of anilines is 2. The Hall–Kier alpha value is -1.94. The van der Waals surface area contributed by atoms with E-state index in [1.165, 1.54) is 0 Å². The van der Waals surface area contributed by atoms with Gasteiger partial charge in [0.1, 0.15) is 11.5 Å². The van der Waals surface area contributed by atoms with E-state index in [1.54, 1.807) is 25.1 Å². The van der Waals surface area contributed by atoms with Crippen molar-refractivity contribution in [3.8, 4) is 0 Å². The lowest BCUT2D eigenvalue weighted by molar-refractivity contribution is 0.102. The van der Waals surface area contributed by atoms with Gasteiger partial charge in [-0.15, -0.1) is 0 Å². The second-order valence-electron chi connectivity index (χ2n) is 4.40. The van der Waals surface area contributed by atoms with Gasteiger partial charge in [0.25, 0.3) is 5.91 Å². The van der Waals surface area contributed by atoms with E-state index in [1.807, 2.05) is 13.8 Å². The summed E-state index contributed by atoms with van der Waals surface area (Å²) in [7, 11) is 0. The van der Waals surface area contributed by atoms with Crippen LogP contribution in [0.4, 0.5) is 11.4 Å². The number of furan rings is 1. The number of amides is 1. The van der Waals surface area contributed by atoms with Gasteiger partial charge in [0, 0.05) is 10.6 Å². The zero-order valence-electron chi connectivity index (χ0n) is 11.0. The molecule has 0 aliphatic heterocycles. The number of benzene rings is 1. The molecule has 1 heterocycles. The molecule has 4 nitrogen and oxygen atoms in total. The second kappa shape index (κ2) is 4.97. The Morgan fingerprint density at radius 1 is 1.26 bits per heavy atom. The van der Waals surface area contributed by atoms with Crippen LogP contribution in [0, 0.1) is 20.8 Å². The topological polar surface area (TPSA) is 68.3 Å². The van der Waals surface area contributed by atoms with Crippen LogP contribution in [0.5, 0.6) is 0 Å². The van der Waals surface area contributed by atoms with Gasteiger partial charge >= 0.3 is 0 Å². The van der Waals surface area contributed by atoms with Crippen LogP contribution >= 0.6 is 11.6 Å². The number of nitrogens with one attached hydrogen (secondary N) is 1. The third kappa shape index (κ3) is 2.58. The van der Waals surface area contributed by atoms with E-state index in [9.17, 15) is 4.79 Å². The molecule has 0 saturated carbocycles. The van der Waals surface area contributed by atoms with Crippen molar-refractivity contribution in [2.45, 2.75) is 20.8 Å². The number of halogens is 1. The van der Waals surface area contributed by atoms with Gasteiger partial charge in [0.15, 0.2) is 0 Å². The fourth-order valence-electron chi connectivity index (χ4n) is 1.95. The fourth-order valence-corrected chi connectivity index (χ4v) is 2.12. The van der Waals surface area contributed by atoms with Crippen molar-refractivity contribution in [2.75, 3.05) is 11.1 Å². The number of carbonyl (C=O) groups excluding carboxylic acids is 1. The third-order valence-electron chi connectivity index (χ3n) is 3.05. The number of hydrogen-bond acceptors (Lipinski definition) is 3. The first-order valence-corrected chi connectivity index (χ1v) is 6.21. The maximum Gasteiger partial charge on any atom is 0.259 e. The minimum atomic E-state index is -0.249. The summed E-state index contributed by atoms with van der Waals surface area (Å²) in [6.45, 7) is 5.44. The monoisotopic (exact) mass is 278 g/mol. The lowest BCUT2D eigenvalue weighted by Crippen LogP contribution is -2.14. The van der Waals surface area contributed by atoms with Crippen LogP contribution in [-0.2, 0) is 0 Å². The smallest absolute Gasteiger partial charge is 0.259 e. The number of hydrogen-bond donors (Lipinski definition) is 2. The first-order chi connectivity index (χ1) is 8.90. The highest BCUT2D eigenvalue weighted by molar-refractivity contribution is 6.31. The summed E-state index contributed by atoms with van der Waals surface area (Å²) in [4.78, 5) is 12.3. The molecule has 2 aromatic rings. The summed E-state index contributed by atoms with van der Waals surface area (Å²) >= 11 is 5.89. The summed E-state index contributed by atoms with van der Waals surface area (Å²) in [6.07, 6.45) is 0. The molecule has 0 saturated heterocycles. The summed E-state index contributed by atoms with van der Waals surface area (Å²) in [5, 5.41) is 3.27. The number of nitrogen functional groups attached to an aromatic ring is 1. The van der Waals surface area contributed by atoms with Gasteiger partial charge in [0.05, 0.1) is 16.9 Å². The predicted octanol–water partition coefficient (Wildman–Crippen LogP) is 3.69. The molecule has 3 N–H and O–H groups in total. The summed E-state index contributed by atoms with van der Waals surface area (Å²) in [5.74, 6) is 1.08. The quantitative estimate of drug-likeness (QED) is 0.823. The Morgan fingerprint density at radius 3 is 2.53 bits per heavy atom. The largest absolute Gasteiger partial charge is 0.466 e. The molecule has 0 aliphatic carbocycles. The summed E-state index contributed by atoms with van der Waals surface area (Å²) in [6, 6.07) is 4.94. The van der Waals surface area contributed by atoms with Gasteiger partial charge < -0.3 is 15.5 Å². The van der Waals surface area contributed by atoms with Crippen LogP contribution in [0.2, 0.25) is 5.02 Å². The van der Waals surface area contributed by atoms with E-state index >= 15 is 0 Å². The second-order valence-corrected chi connectivity index (χ2v) is 4.84. The first kappa shape index (κ1) is 13.5. The van der Waals surface area contributed by atoms with Crippen LogP contribution in [0.1, 0.15) is 27.4 Å². The summed E-state index contributed by atoms with van der Waals surface area (Å²) < 4.78 is 5.44. The molecule has 0 atom stereocenters. The summed E-state index contributed by atoms with van der Waals surface area (Å²) in [5.41, 5.74) is 8.13. The minimum Gasteiger partial charge on any atom is -0.466 e. The molecular weight excluding hydrogens is 264 g/mol. The van der Waals surface area contributed by atoms with Crippen LogP contribution in [0.15, 0.2) is 22.6 Å². The highest BCUT2D eigenvalue weighted by Crippen LogP contribution is 2.26. The first-order valence-electron chi connectivity index (χ1n) is 5.83. The van der Waals surface area contributed by atoms with E-state index in [-0.39, 0.29) is 5.91 Å². The van der Waals surface area contributed by atoms with Crippen LogP contribution in [0.25, 0.3) is 0 Å². The molecule has 0 unspecified atom stereocenters. The van der Waals surface area contributed by atoms with Gasteiger partial charge in [-0.1, -0.05) is 11.6 Å². The molecule has 2 rings (SSSR count). The molecular formula is C14H15ClN2O2. The van der Waals surface area contributed by atoms with Gasteiger partial charge in [-0.05, 0) is 39.0 Å². The molecule has 19 heavy (non-hydrogen) atoms. The van der Waals surface area contributed by atoms with Crippen molar-refractivity contribution in [3.05, 3.63) is 45.9 Å². The fraction of sp³-hybridized carbons (Fsp3) is 0.214. The molecule has 0 spiro atoms. The molecule has 1 amide bonds. The van der Waals surface area contributed by atoms with Crippen LogP contribution < -0.4 is 11.1 Å². The molecule has 0 aliphatic rings. The van der Waals surface area contributed by atoms with Gasteiger partial charge in [0.2, 0.25) is 0 Å². The lowest BCUT2D eigenvalue weighted by Gasteiger charge is -2.08. The van der Waals surface area contributed by atoms with Crippen molar-refractivity contribution in [2.24, 2.45) is 0 Å². The van der Waals surface area contributed by atoms with Gasteiger partial charge in [-0.25, -0.2) is 0 Å². The SMILES string of the molecule is Cc1oc(C)c(C(=O)Nc2cc(Cl)ccc2N)c1C. The van der Waals surface area contributed by atoms with Gasteiger partial charge in [-0.3, -0.25) is 4.79 Å². The molecule has 5 heteroatoms. The highest BCUT2D eigenvalue weighted by Gasteiger charge is 2.19. The zero-order chi connectivity index (χ0) is 14.2. The maximum atomic E-state index is 12.3. The average Bonchev–Trinajstić information content (AvgIpc) is 2.58. The van der Waals surface area contributed by atoms with E-state index in [2.05, 4.69) is 5.32 Å². The highest BCUT2D eigenvalue weighted by atomic mass is 35.5. The average molecular weight is 279 g/mol. The minimum absolute atomic E-state index is 0.249. The van der Waals surface area contributed by atoms with E-state index in [4.69, 9.17) is 21.8 Å². The number of rotatable bonds is 2.